The van der Waals surface area contributed by atoms with E-state index in [1.54, 1.807) is 23.4 Å². The zero-order chi connectivity index (χ0) is 33.4. The Balaban J connectivity index is 1.00. The summed E-state index contributed by atoms with van der Waals surface area (Å²) in [7, 11) is 0. The monoisotopic (exact) mass is 654 g/mol. The van der Waals surface area contributed by atoms with Crippen LogP contribution in [0.25, 0.3) is 22.2 Å². The first-order chi connectivity index (χ1) is 23.2. The van der Waals surface area contributed by atoms with Gasteiger partial charge in [0.25, 0.3) is 0 Å². The Morgan fingerprint density at radius 2 is 1.81 bits per heavy atom. The van der Waals surface area contributed by atoms with Crippen molar-refractivity contribution in [2.45, 2.75) is 52.1 Å². The van der Waals surface area contributed by atoms with Crippen molar-refractivity contribution in [3.63, 3.8) is 0 Å². The van der Waals surface area contributed by atoms with Gasteiger partial charge in [-0.25, -0.2) is 33.5 Å². The number of aryl methyl sites for hydroxylation is 1. The second-order valence-corrected chi connectivity index (χ2v) is 12.4. The number of ether oxygens (including phenoxy) is 2. The summed E-state index contributed by atoms with van der Waals surface area (Å²) in [5.41, 5.74) is 3.24. The molecular formula is C35H36F2N8O3. The normalized spacial score (nSPS) is 18.0. The van der Waals surface area contributed by atoms with E-state index >= 15 is 8.78 Å². The number of carbonyl (C=O) groups excluding carboxylic acids is 1. The first kappa shape index (κ1) is 31.6. The van der Waals surface area contributed by atoms with Crippen LogP contribution in [-0.4, -0.2) is 78.8 Å². The maximum atomic E-state index is 15.1. The number of nitrogens with zero attached hydrogens (tertiary/aromatic N) is 7. The molecule has 2 aliphatic heterocycles. The van der Waals surface area contributed by atoms with Gasteiger partial charge in [0.05, 0.1) is 30.5 Å². The number of likely N-dealkylation sites (tertiary alicyclic amines) is 1. The van der Waals surface area contributed by atoms with Gasteiger partial charge in [-0.15, -0.1) is 0 Å². The van der Waals surface area contributed by atoms with Gasteiger partial charge < -0.3 is 19.4 Å². The molecule has 3 aromatic heterocycles. The molecule has 5 heterocycles. The average molecular weight is 655 g/mol. The number of amides is 1. The van der Waals surface area contributed by atoms with Gasteiger partial charge in [0.1, 0.15) is 29.6 Å². The molecule has 13 heteroatoms. The molecule has 2 fully saturated rings. The predicted octanol–water partition coefficient (Wildman–Crippen LogP) is 6.02. The smallest absolute Gasteiger partial charge is 0.410 e. The summed E-state index contributed by atoms with van der Waals surface area (Å²) in [6.07, 6.45) is 4.08. The van der Waals surface area contributed by atoms with Crippen molar-refractivity contribution in [1.82, 2.24) is 34.3 Å². The average Bonchev–Trinajstić information content (AvgIpc) is 3.65. The first-order valence-corrected chi connectivity index (χ1v) is 16.0. The third-order valence-corrected chi connectivity index (χ3v) is 8.78. The standard InChI is InChI=1S/C35H36F2N8O3/c1-21(2)45-22(3)41-33-27(36)11-25(12-29(33)45)26-13-32(38-16-28(26)37)42-34-39-14-24(15-40-34)17-43-18-30-31(19-43)47-10-9-44(30)35(46)48-20-23-7-5-4-6-8-23/h4-8,11-16,21,30-31H,9-10,17-20H2,1-3H3,(H,38,39,40,42)/t30-,31+/m1/s1. The second kappa shape index (κ2) is 13.2. The van der Waals surface area contributed by atoms with Gasteiger partial charge in [-0.05, 0) is 50.1 Å². The molecule has 2 aliphatic rings. The van der Waals surface area contributed by atoms with Gasteiger partial charge >= 0.3 is 6.09 Å². The zero-order valence-corrected chi connectivity index (χ0v) is 26.9. The van der Waals surface area contributed by atoms with Crippen LogP contribution >= 0.6 is 0 Å². The maximum absolute atomic E-state index is 15.1. The molecule has 0 unspecified atom stereocenters. The molecule has 0 aliphatic carbocycles. The zero-order valence-electron chi connectivity index (χ0n) is 26.9. The van der Waals surface area contributed by atoms with Crippen LogP contribution in [0.2, 0.25) is 0 Å². The van der Waals surface area contributed by atoms with E-state index in [0.29, 0.717) is 55.5 Å². The minimum absolute atomic E-state index is 0.0517. The van der Waals surface area contributed by atoms with Crippen LogP contribution in [0.3, 0.4) is 0 Å². The number of carbonyl (C=O) groups is 1. The van der Waals surface area contributed by atoms with Gasteiger partial charge in [0.15, 0.2) is 5.82 Å². The highest BCUT2D eigenvalue weighted by Gasteiger charge is 2.42. The van der Waals surface area contributed by atoms with E-state index in [1.165, 1.54) is 12.1 Å². The van der Waals surface area contributed by atoms with E-state index in [1.807, 2.05) is 55.7 Å². The summed E-state index contributed by atoms with van der Waals surface area (Å²) >= 11 is 0. The fourth-order valence-electron chi connectivity index (χ4n) is 6.60. The molecule has 7 rings (SSSR count). The van der Waals surface area contributed by atoms with E-state index in [9.17, 15) is 4.79 Å². The summed E-state index contributed by atoms with van der Waals surface area (Å²) in [6, 6.07) is 14.1. The highest BCUT2D eigenvalue weighted by molar-refractivity contribution is 5.84. The lowest BCUT2D eigenvalue weighted by Crippen LogP contribution is -2.53. The summed E-state index contributed by atoms with van der Waals surface area (Å²) in [4.78, 5) is 34.3. The van der Waals surface area contributed by atoms with Crippen LogP contribution in [-0.2, 0) is 22.6 Å². The summed E-state index contributed by atoms with van der Waals surface area (Å²) in [5.74, 6) is 0.181. The van der Waals surface area contributed by atoms with Crippen molar-refractivity contribution < 1.29 is 23.0 Å². The van der Waals surface area contributed by atoms with Crippen LogP contribution < -0.4 is 5.32 Å². The van der Waals surface area contributed by atoms with Gasteiger partial charge in [-0.1, -0.05) is 30.3 Å². The quantitative estimate of drug-likeness (QED) is 0.215. The SMILES string of the molecule is Cc1nc2c(F)cc(-c3cc(Nc4ncc(CN5C[C@@H]6OCCN(C(=O)OCc7ccccc7)[C@@H]6C5)cn4)ncc3F)cc2n1C(C)C. The Bertz CT molecular complexity index is 1940. The van der Waals surface area contributed by atoms with E-state index in [2.05, 4.69) is 30.2 Å². The van der Waals surface area contributed by atoms with Crippen LogP contribution in [0.4, 0.5) is 25.3 Å². The Morgan fingerprint density at radius 3 is 2.58 bits per heavy atom. The number of halogens is 2. The molecular weight excluding hydrogens is 618 g/mol. The van der Waals surface area contributed by atoms with Crippen LogP contribution in [0.5, 0.6) is 0 Å². The third kappa shape index (κ3) is 6.43. The lowest BCUT2D eigenvalue weighted by molar-refractivity contribution is -0.0446. The van der Waals surface area contributed by atoms with Gasteiger partial charge in [-0.3, -0.25) is 9.80 Å². The molecule has 2 aromatic carbocycles. The minimum Gasteiger partial charge on any atom is -0.445 e. The van der Waals surface area contributed by atoms with Crippen molar-refractivity contribution in [3.8, 4) is 11.1 Å². The third-order valence-electron chi connectivity index (χ3n) is 8.78. The van der Waals surface area contributed by atoms with Crippen molar-refractivity contribution in [3.05, 3.63) is 95.7 Å². The van der Waals surface area contributed by atoms with Crippen LogP contribution in [0, 0.1) is 18.6 Å². The molecule has 0 saturated carbocycles. The number of aromatic nitrogens is 5. The maximum Gasteiger partial charge on any atom is 0.410 e. The molecule has 2 saturated heterocycles. The number of benzene rings is 2. The summed E-state index contributed by atoms with van der Waals surface area (Å²) in [5, 5.41) is 3.03. The Hall–Kier alpha value is -5.01. The number of hydrogen-bond donors (Lipinski definition) is 1. The molecule has 11 nitrogen and oxygen atoms in total. The molecule has 0 spiro atoms. The van der Waals surface area contributed by atoms with E-state index in [-0.39, 0.29) is 47.9 Å². The minimum atomic E-state index is -0.582. The van der Waals surface area contributed by atoms with Crippen LogP contribution in [0.15, 0.2) is 67.1 Å². The Morgan fingerprint density at radius 1 is 1.02 bits per heavy atom. The Kier molecular flexibility index (Phi) is 8.71. The van der Waals surface area contributed by atoms with Gasteiger partial charge in [0, 0.05) is 55.7 Å². The Labute approximate surface area is 276 Å². The number of imidazole rings is 1. The van der Waals surface area contributed by atoms with Crippen LogP contribution in [0.1, 0.15) is 36.8 Å². The molecule has 0 bridgehead atoms. The predicted molar refractivity (Wildman–Crippen MR) is 175 cm³/mol. The highest BCUT2D eigenvalue weighted by atomic mass is 19.1. The summed E-state index contributed by atoms with van der Waals surface area (Å²) in [6.45, 7) is 8.85. The van der Waals surface area contributed by atoms with Gasteiger partial charge in [0.2, 0.25) is 5.95 Å². The van der Waals surface area contributed by atoms with E-state index in [0.717, 1.165) is 17.3 Å². The molecule has 1 N–H and O–H groups in total. The van der Waals surface area contributed by atoms with Gasteiger partial charge in [-0.2, -0.15) is 0 Å². The number of anilines is 2. The number of rotatable bonds is 8. The number of morpholine rings is 1. The number of hydrogen-bond acceptors (Lipinski definition) is 9. The van der Waals surface area contributed by atoms with E-state index in [4.69, 9.17) is 9.47 Å². The fourth-order valence-corrected chi connectivity index (χ4v) is 6.60. The molecule has 248 valence electrons. The van der Waals surface area contributed by atoms with Crippen molar-refractivity contribution in [1.29, 1.82) is 0 Å². The topological polar surface area (TPSA) is 111 Å². The van der Waals surface area contributed by atoms with Crippen molar-refractivity contribution >= 4 is 28.9 Å². The molecule has 2 atom stereocenters. The number of fused-ring (bicyclic) bond motifs is 2. The summed E-state index contributed by atoms with van der Waals surface area (Å²) < 4.78 is 43.7. The number of pyridine rings is 1. The largest absolute Gasteiger partial charge is 0.445 e. The molecule has 48 heavy (non-hydrogen) atoms. The lowest BCUT2D eigenvalue weighted by Gasteiger charge is -2.36. The van der Waals surface area contributed by atoms with Crippen molar-refractivity contribution in [2.24, 2.45) is 0 Å². The molecule has 5 aromatic rings. The first-order valence-electron chi connectivity index (χ1n) is 16.0. The fraction of sp³-hybridized carbons (Fsp3) is 0.343. The number of nitrogens with one attached hydrogen (secondary N) is 1. The highest BCUT2D eigenvalue weighted by Crippen LogP contribution is 2.32. The van der Waals surface area contributed by atoms with Crippen molar-refractivity contribution in [2.75, 3.05) is 31.6 Å². The molecule has 0 radical (unpaired) electrons. The second-order valence-electron chi connectivity index (χ2n) is 12.4. The lowest BCUT2D eigenvalue weighted by atomic mass is 10.0. The molecule has 1 amide bonds. The van der Waals surface area contributed by atoms with E-state index < -0.39 is 11.6 Å².